The molecule has 0 bridgehead atoms. The molecule has 0 spiro atoms. The number of rotatable bonds is 6. The second-order valence-electron chi connectivity index (χ2n) is 5.41. The Bertz CT molecular complexity index is 708. The predicted octanol–water partition coefficient (Wildman–Crippen LogP) is 3.37. The SMILES string of the molecule is CCN(Cc1ccccc1)c1ccc([Se]c2ccccc2)cc1. The van der Waals surface area contributed by atoms with E-state index in [0.29, 0.717) is 15.0 Å². The second-order valence-corrected chi connectivity index (χ2v) is 7.82. The van der Waals surface area contributed by atoms with Crippen LogP contribution in [0, 0.1) is 0 Å². The molecule has 3 rings (SSSR count). The molecule has 0 aromatic heterocycles. The Kier molecular flexibility index (Phi) is 5.52. The van der Waals surface area contributed by atoms with E-state index in [1.165, 1.54) is 20.2 Å². The van der Waals surface area contributed by atoms with Gasteiger partial charge >= 0.3 is 145 Å². The van der Waals surface area contributed by atoms with Crippen LogP contribution in [0.2, 0.25) is 0 Å². The van der Waals surface area contributed by atoms with E-state index in [1.54, 1.807) is 0 Å². The molecule has 0 fully saturated rings. The van der Waals surface area contributed by atoms with Crippen molar-refractivity contribution in [1.82, 2.24) is 0 Å². The molecular weight excluding hydrogens is 345 g/mol. The van der Waals surface area contributed by atoms with Crippen molar-refractivity contribution in [3.05, 3.63) is 90.5 Å². The molecule has 2 heteroatoms. The van der Waals surface area contributed by atoms with Crippen LogP contribution in [0.25, 0.3) is 0 Å². The van der Waals surface area contributed by atoms with Gasteiger partial charge in [0.2, 0.25) is 0 Å². The number of hydrogen-bond donors (Lipinski definition) is 0. The summed E-state index contributed by atoms with van der Waals surface area (Å²) < 4.78 is 2.84. The van der Waals surface area contributed by atoms with E-state index in [4.69, 9.17) is 0 Å². The second kappa shape index (κ2) is 8.01. The van der Waals surface area contributed by atoms with Crippen LogP contribution in [0.1, 0.15) is 12.5 Å². The third-order valence-electron chi connectivity index (χ3n) is 3.78. The Labute approximate surface area is 145 Å². The number of nitrogens with zero attached hydrogens (tertiary/aromatic N) is 1. The van der Waals surface area contributed by atoms with Gasteiger partial charge in [0.1, 0.15) is 0 Å². The molecule has 0 aliphatic rings. The average Bonchev–Trinajstić information content (AvgIpc) is 2.62. The first kappa shape index (κ1) is 15.9. The minimum atomic E-state index is 0.385. The molecule has 0 N–H and O–H groups in total. The molecule has 116 valence electrons. The first-order chi connectivity index (χ1) is 11.3. The topological polar surface area (TPSA) is 3.24 Å². The number of benzene rings is 3. The van der Waals surface area contributed by atoms with Crippen molar-refractivity contribution < 1.29 is 0 Å². The van der Waals surface area contributed by atoms with Crippen LogP contribution in [0.5, 0.6) is 0 Å². The van der Waals surface area contributed by atoms with E-state index >= 15 is 0 Å². The molecular formula is C21H21NSe. The van der Waals surface area contributed by atoms with Gasteiger partial charge in [-0.25, -0.2) is 0 Å². The zero-order valence-electron chi connectivity index (χ0n) is 13.4. The molecule has 0 atom stereocenters. The summed E-state index contributed by atoms with van der Waals surface area (Å²) in [5.41, 5.74) is 2.65. The van der Waals surface area contributed by atoms with Gasteiger partial charge in [0, 0.05) is 0 Å². The van der Waals surface area contributed by atoms with Gasteiger partial charge in [-0.15, -0.1) is 0 Å². The van der Waals surface area contributed by atoms with Gasteiger partial charge < -0.3 is 0 Å². The van der Waals surface area contributed by atoms with E-state index in [1.807, 2.05) is 0 Å². The fourth-order valence-corrected chi connectivity index (χ4v) is 4.30. The molecule has 0 heterocycles. The van der Waals surface area contributed by atoms with Gasteiger partial charge in [0.25, 0.3) is 0 Å². The van der Waals surface area contributed by atoms with Gasteiger partial charge in [-0.2, -0.15) is 0 Å². The van der Waals surface area contributed by atoms with Crippen molar-refractivity contribution in [2.24, 2.45) is 0 Å². The van der Waals surface area contributed by atoms with Gasteiger partial charge in [-0.3, -0.25) is 0 Å². The molecule has 3 aromatic rings. The zero-order valence-corrected chi connectivity index (χ0v) is 15.1. The van der Waals surface area contributed by atoms with Crippen molar-refractivity contribution in [2.45, 2.75) is 13.5 Å². The number of anilines is 1. The van der Waals surface area contributed by atoms with Gasteiger partial charge in [0.05, 0.1) is 0 Å². The van der Waals surface area contributed by atoms with E-state index < -0.39 is 0 Å². The first-order valence-corrected chi connectivity index (χ1v) is 9.68. The maximum absolute atomic E-state index is 2.41. The van der Waals surface area contributed by atoms with Crippen molar-refractivity contribution in [3.8, 4) is 0 Å². The monoisotopic (exact) mass is 367 g/mol. The van der Waals surface area contributed by atoms with Gasteiger partial charge in [-0.05, 0) is 0 Å². The van der Waals surface area contributed by atoms with Crippen molar-refractivity contribution >= 4 is 29.6 Å². The van der Waals surface area contributed by atoms with Crippen LogP contribution in [0.3, 0.4) is 0 Å². The Morgan fingerprint density at radius 1 is 0.696 bits per heavy atom. The van der Waals surface area contributed by atoms with Crippen LogP contribution in [0.15, 0.2) is 84.9 Å². The van der Waals surface area contributed by atoms with Crippen molar-refractivity contribution in [1.29, 1.82) is 0 Å². The fraction of sp³-hybridized carbons (Fsp3) is 0.143. The Morgan fingerprint density at radius 2 is 1.26 bits per heavy atom. The minimum absolute atomic E-state index is 0.385. The molecule has 0 amide bonds. The van der Waals surface area contributed by atoms with E-state index in [-0.39, 0.29) is 0 Å². The molecule has 0 saturated carbocycles. The normalized spacial score (nSPS) is 10.5. The molecule has 0 saturated heterocycles. The maximum atomic E-state index is 2.41. The summed E-state index contributed by atoms with van der Waals surface area (Å²) in [4.78, 5) is 2.41. The molecule has 0 aliphatic heterocycles. The summed E-state index contributed by atoms with van der Waals surface area (Å²) in [6.45, 7) is 4.18. The van der Waals surface area contributed by atoms with Gasteiger partial charge in [-0.1, -0.05) is 0 Å². The molecule has 0 unspecified atom stereocenters. The molecule has 0 radical (unpaired) electrons. The van der Waals surface area contributed by atoms with Crippen LogP contribution < -0.4 is 13.8 Å². The van der Waals surface area contributed by atoms with Crippen LogP contribution in [-0.4, -0.2) is 21.5 Å². The molecule has 0 aliphatic carbocycles. The summed E-state index contributed by atoms with van der Waals surface area (Å²) in [6, 6.07) is 30.4. The third kappa shape index (κ3) is 4.48. The first-order valence-electron chi connectivity index (χ1n) is 7.97. The summed E-state index contributed by atoms with van der Waals surface area (Å²) in [5, 5.41) is 0. The average molecular weight is 366 g/mol. The summed E-state index contributed by atoms with van der Waals surface area (Å²) in [7, 11) is 0. The molecule has 3 aromatic carbocycles. The summed E-state index contributed by atoms with van der Waals surface area (Å²) in [6.07, 6.45) is 0. The Hall–Kier alpha value is -2.02. The zero-order chi connectivity index (χ0) is 15.9. The van der Waals surface area contributed by atoms with E-state index in [0.717, 1.165) is 13.1 Å². The standard InChI is InChI=1S/C21H21NSe/c1-2-22(17-18-9-5-3-6-10-18)19-13-15-21(16-14-19)23-20-11-7-4-8-12-20/h3-16H,2,17H2,1H3. The number of hydrogen-bond acceptors (Lipinski definition) is 1. The third-order valence-corrected chi connectivity index (χ3v) is 5.91. The Morgan fingerprint density at radius 3 is 1.87 bits per heavy atom. The van der Waals surface area contributed by atoms with Crippen molar-refractivity contribution in [2.75, 3.05) is 11.4 Å². The van der Waals surface area contributed by atoms with E-state index in [2.05, 4.69) is 96.8 Å². The predicted molar refractivity (Wildman–Crippen MR) is 101 cm³/mol. The van der Waals surface area contributed by atoms with Gasteiger partial charge in [0.15, 0.2) is 0 Å². The van der Waals surface area contributed by atoms with Crippen LogP contribution in [-0.2, 0) is 6.54 Å². The Balaban J connectivity index is 1.70. The van der Waals surface area contributed by atoms with Crippen LogP contribution >= 0.6 is 0 Å². The fourth-order valence-electron chi connectivity index (χ4n) is 2.54. The van der Waals surface area contributed by atoms with Crippen molar-refractivity contribution in [3.63, 3.8) is 0 Å². The molecule has 1 nitrogen and oxygen atoms in total. The van der Waals surface area contributed by atoms with E-state index in [9.17, 15) is 0 Å². The summed E-state index contributed by atoms with van der Waals surface area (Å²) in [5.74, 6) is 0. The van der Waals surface area contributed by atoms with Crippen LogP contribution in [0.4, 0.5) is 5.69 Å². The summed E-state index contributed by atoms with van der Waals surface area (Å²) >= 11 is 0.385. The quantitative estimate of drug-likeness (QED) is 0.605. The molecule has 23 heavy (non-hydrogen) atoms.